The van der Waals surface area contributed by atoms with Crippen molar-refractivity contribution in [2.75, 3.05) is 24.4 Å². The quantitative estimate of drug-likeness (QED) is 0.374. The molecule has 1 atom stereocenters. The Bertz CT molecular complexity index is 1680. The Balaban J connectivity index is 1.52. The van der Waals surface area contributed by atoms with Gasteiger partial charge in [-0.3, -0.25) is 4.79 Å². The first-order valence-electron chi connectivity index (χ1n) is 12.9. The Morgan fingerprint density at radius 2 is 1.72 bits per heavy atom. The summed E-state index contributed by atoms with van der Waals surface area (Å²) in [5.74, 6) is -0.154. The number of ether oxygens (including phenoxy) is 1. The van der Waals surface area contributed by atoms with Crippen LogP contribution in [-0.2, 0) is 16.4 Å². The topological polar surface area (TPSA) is 101 Å². The minimum Gasteiger partial charge on any atom is -0.477 e. The lowest BCUT2D eigenvalue weighted by Gasteiger charge is -2.26. The summed E-state index contributed by atoms with van der Waals surface area (Å²) in [5.41, 5.74) is 6.08. The van der Waals surface area contributed by atoms with Crippen molar-refractivity contribution in [1.29, 1.82) is 0 Å². The third-order valence-electron chi connectivity index (χ3n) is 7.36. The Morgan fingerprint density at radius 1 is 0.949 bits per heavy atom. The van der Waals surface area contributed by atoms with Crippen LogP contribution in [0.5, 0.6) is 5.88 Å². The average Bonchev–Trinajstić information content (AvgIpc) is 3.10. The van der Waals surface area contributed by atoms with Gasteiger partial charge in [0.2, 0.25) is 11.8 Å². The number of nitrogens with zero attached hydrogens (tertiary/aromatic N) is 3. The molecule has 0 radical (unpaired) electrons. The van der Waals surface area contributed by atoms with Crippen molar-refractivity contribution in [2.45, 2.75) is 31.1 Å². The lowest BCUT2D eigenvalue weighted by atomic mass is 9.94. The fraction of sp³-hybridized carbons (Fsp3) is 0.233. The number of benzene rings is 3. The summed E-state index contributed by atoms with van der Waals surface area (Å²) >= 11 is 0. The van der Waals surface area contributed by atoms with Gasteiger partial charge in [-0.2, -0.15) is 4.98 Å². The molecule has 4 aromatic rings. The van der Waals surface area contributed by atoms with Gasteiger partial charge in [0, 0.05) is 36.2 Å². The van der Waals surface area contributed by atoms with E-state index in [1.54, 1.807) is 23.1 Å². The second-order valence-corrected chi connectivity index (χ2v) is 11.7. The maximum absolute atomic E-state index is 13.6. The van der Waals surface area contributed by atoms with Gasteiger partial charge in [-0.15, -0.1) is 0 Å². The van der Waals surface area contributed by atoms with Crippen LogP contribution in [0.25, 0.3) is 11.3 Å². The van der Waals surface area contributed by atoms with Crippen molar-refractivity contribution in [3.05, 3.63) is 101 Å². The third-order valence-corrected chi connectivity index (χ3v) is 8.69. The molecule has 0 fully saturated rings. The van der Waals surface area contributed by atoms with Crippen LogP contribution >= 0.6 is 0 Å². The SMILES string of the molecule is Cc1cccc(C)c1-c1cc2nc(n1)NS(=O)(=O)c1cccc(c1)C(=O)N1CCc3ccccc3C(CO2)C1. The molecule has 2 aliphatic heterocycles. The second kappa shape index (κ2) is 9.81. The molecule has 6 rings (SSSR count). The van der Waals surface area contributed by atoms with Crippen LogP contribution in [0.4, 0.5) is 5.95 Å². The molecule has 3 aromatic carbocycles. The fourth-order valence-corrected chi connectivity index (χ4v) is 6.42. The number of aromatic nitrogens is 2. The summed E-state index contributed by atoms with van der Waals surface area (Å²) in [7, 11) is -4.08. The average molecular weight is 541 g/mol. The summed E-state index contributed by atoms with van der Waals surface area (Å²) < 4.78 is 35.6. The van der Waals surface area contributed by atoms with Crippen molar-refractivity contribution < 1.29 is 17.9 Å². The first-order chi connectivity index (χ1) is 18.8. The molecule has 1 amide bonds. The lowest BCUT2D eigenvalue weighted by Crippen LogP contribution is -2.36. The van der Waals surface area contributed by atoms with E-state index in [0.29, 0.717) is 30.8 Å². The van der Waals surface area contributed by atoms with Crippen LogP contribution in [0, 0.1) is 13.8 Å². The molecular formula is C30H28N4O4S. The van der Waals surface area contributed by atoms with Gasteiger partial charge >= 0.3 is 0 Å². The summed E-state index contributed by atoms with van der Waals surface area (Å²) in [6, 6.07) is 22.0. The molecule has 1 unspecified atom stereocenters. The van der Waals surface area contributed by atoms with E-state index in [4.69, 9.17) is 4.74 Å². The smallest absolute Gasteiger partial charge is 0.264 e. The molecule has 2 aliphatic rings. The highest BCUT2D eigenvalue weighted by atomic mass is 32.2. The molecule has 0 saturated heterocycles. The highest BCUT2D eigenvalue weighted by Gasteiger charge is 2.29. The third kappa shape index (κ3) is 4.85. The number of nitrogens with one attached hydrogen (secondary N) is 1. The first kappa shape index (κ1) is 25.1. The summed E-state index contributed by atoms with van der Waals surface area (Å²) in [6.07, 6.45) is 0.701. The monoisotopic (exact) mass is 540 g/mol. The van der Waals surface area contributed by atoms with E-state index in [0.717, 1.165) is 22.3 Å². The van der Waals surface area contributed by atoms with Crippen molar-refractivity contribution in [3.8, 4) is 17.1 Å². The first-order valence-corrected chi connectivity index (χ1v) is 14.4. The van der Waals surface area contributed by atoms with Crippen molar-refractivity contribution in [2.24, 2.45) is 0 Å². The van der Waals surface area contributed by atoms with E-state index in [-0.39, 0.29) is 35.2 Å². The van der Waals surface area contributed by atoms with Crippen LogP contribution in [0.2, 0.25) is 0 Å². The molecule has 198 valence electrons. The van der Waals surface area contributed by atoms with Gasteiger partial charge in [0.05, 0.1) is 17.2 Å². The zero-order valence-corrected chi connectivity index (χ0v) is 22.5. The molecular weight excluding hydrogens is 512 g/mol. The normalized spacial score (nSPS) is 18.2. The predicted molar refractivity (Wildman–Crippen MR) is 148 cm³/mol. The Kier molecular flexibility index (Phi) is 6.31. The predicted octanol–water partition coefficient (Wildman–Crippen LogP) is 4.74. The Hall–Kier alpha value is -4.24. The van der Waals surface area contributed by atoms with Gasteiger partial charge in [-0.25, -0.2) is 18.1 Å². The minimum absolute atomic E-state index is 0.0383. The lowest BCUT2D eigenvalue weighted by molar-refractivity contribution is 0.0741. The van der Waals surface area contributed by atoms with E-state index in [9.17, 15) is 13.2 Å². The molecule has 9 heteroatoms. The van der Waals surface area contributed by atoms with Crippen LogP contribution in [-0.4, -0.2) is 48.9 Å². The van der Waals surface area contributed by atoms with Gasteiger partial charge in [0.1, 0.15) is 0 Å². The molecule has 1 aromatic heterocycles. The number of anilines is 1. The van der Waals surface area contributed by atoms with E-state index < -0.39 is 10.0 Å². The highest BCUT2D eigenvalue weighted by Crippen LogP contribution is 2.32. The van der Waals surface area contributed by atoms with Crippen LogP contribution in [0.1, 0.15) is 38.5 Å². The number of fused-ring (bicyclic) bond motifs is 8. The van der Waals surface area contributed by atoms with Crippen molar-refractivity contribution in [1.82, 2.24) is 14.9 Å². The zero-order valence-electron chi connectivity index (χ0n) is 21.7. The Morgan fingerprint density at radius 3 is 2.54 bits per heavy atom. The van der Waals surface area contributed by atoms with Crippen molar-refractivity contribution in [3.63, 3.8) is 0 Å². The maximum atomic E-state index is 13.6. The molecule has 0 saturated carbocycles. The number of rotatable bonds is 1. The minimum atomic E-state index is -4.08. The number of carbonyl (C=O) groups is 1. The van der Waals surface area contributed by atoms with Gasteiger partial charge in [-0.05, 0) is 60.7 Å². The number of sulfonamides is 1. The molecule has 8 nitrogen and oxygen atoms in total. The Labute approximate surface area is 227 Å². The summed E-state index contributed by atoms with van der Waals surface area (Å²) in [5, 5.41) is 0. The zero-order chi connectivity index (χ0) is 27.1. The number of hydrogen-bond donors (Lipinski definition) is 1. The van der Waals surface area contributed by atoms with Crippen LogP contribution in [0.15, 0.2) is 77.7 Å². The van der Waals surface area contributed by atoms with Crippen molar-refractivity contribution >= 4 is 21.9 Å². The fourth-order valence-electron chi connectivity index (χ4n) is 5.43. The van der Waals surface area contributed by atoms with Crippen LogP contribution < -0.4 is 9.46 Å². The van der Waals surface area contributed by atoms with Gasteiger partial charge in [0.25, 0.3) is 15.9 Å². The highest BCUT2D eigenvalue weighted by molar-refractivity contribution is 7.92. The van der Waals surface area contributed by atoms with Gasteiger partial charge in [-0.1, -0.05) is 48.5 Å². The molecule has 1 N–H and O–H groups in total. The molecule has 0 aliphatic carbocycles. The van der Waals surface area contributed by atoms with Crippen LogP contribution in [0.3, 0.4) is 0 Å². The molecule has 6 bridgehead atoms. The number of aryl methyl sites for hydroxylation is 2. The molecule has 39 heavy (non-hydrogen) atoms. The molecule has 3 heterocycles. The maximum Gasteiger partial charge on any atom is 0.264 e. The summed E-state index contributed by atoms with van der Waals surface area (Å²) in [6.45, 7) is 5.19. The van der Waals surface area contributed by atoms with E-state index in [2.05, 4.69) is 26.8 Å². The second-order valence-electron chi connectivity index (χ2n) is 10.0. The van der Waals surface area contributed by atoms with E-state index in [1.165, 1.54) is 17.7 Å². The van der Waals surface area contributed by atoms with Gasteiger partial charge < -0.3 is 9.64 Å². The number of carbonyl (C=O) groups excluding carboxylic acids is 1. The number of hydrogen-bond acceptors (Lipinski definition) is 6. The van der Waals surface area contributed by atoms with E-state index >= 15 is 0 Å². The largest absolute Gasteiger partial charge is 0.477 e. The number of amides is 1. The molecule has 0 spiro atoms. The van der Waals surface area contributed by atoms with Gasteiger partial charge in [0.15, 0.2) is 0 Å². The van der Waals surface area contributed by atoms with E-state index in [1.807, 2.05) is 44.2 Å². The summed E-state index contributed by atoms with van der Waals surface area (Å²) in [4.78, 5) is 24.3. The standard InChI is InChI=1S/C30H28N4O4S/c1-19-7-5-8-20(2)28(19)26-16-27-32-30(31-26)33-39(36,37)24-11-6-10-22(15-24)29(35)34-14-13-21-9-3-4-12-25(21)23(17-34)18-38-27/h3-12,15-16,23H,13-14,17-18H2,1-2H3,(H,31,32,33).